The lowest BCUT2D eigenvalue weighted by atomic mass is 10.3. The second-order valence-corrected chi connectivity index (χ2v) is 9.03. The Balaban J connectivity index is 2.23. The second-order valence-electron chi connectivity index (χ2n) is 7.14. The molecule has 30 heavy (non-hydrogen) atoms. The van der Waals surface area contributed by atoms with E-state index < -0.39 is 16.1 Å². The number of methoxy groups -OCH3 is 2. The van der Waals surface area contributed by atoms with Crippen molar-refractivity contribution in [3.8, 4) is 5.75 Å². The number of ether oxygens (including phenoxy) is 2. The molecular formula is C21H30N2O6S. The number of benzene rings is 1. The zero-order chi connectivity index (χ0) is 22.3. The molecule has 0 fully saturated rings. The second kappa shape index (κ2) is 10.6. The van der Waals surface area contributed by atoms with Crippen LogP contribution in [-0.4, -0.2) is 63.5 Å². The first-order chi connectivity index (χ1) is 14.2. The Hall–Kier alpha value is -2.36. The quantitative estimate of drug-likeness (QED) is 0.536. The average Bonchev–Trinajstić information content (AvgIpc) is 3.13. The van der Waals surface area contributed by atoms with E-state index in [-0.39, 0.29) is 23.9 Å². The van der Waals surface area contributed by atoms with Gasteiger partial charge in [-0.1, -0.05) is 0 Å². The number of rotatable bonds is 11. The van der Waals surface area contributed by atoms with Gasteiger partial charge in [-0.2, -0.15) is 4.31 Å². The Labute approximate surface area is 178 Å². The third-order valence-electron chi connectivity index (χ3n) is 4.59. The van der Waals surface area contributed by atoms with Crippen LogP contribution in [0.3, 0.4) is 0 Å². The number of carbonyl (C=O) groups is 1. The molecule has 166 valence electrons. The third-order valence-corrected chi connectivity index (χ3v) is 6.63. The van der Waals surface area contributed by atoms with E-state index >= 15 is 0 Å². The fourth-order valence-electron chi connectivity index (χ4n) is 2.91. The molecule has 1 aromatic heterocycles. The number of nitrogens with zero attached hydrogens (tertiary/aromatic N) is 2. The van der Waals surface area contributed by atoms with Gasteiger partial charge in [-0.25, -0.2) is 8.42 Å². The molecule has 0 atom stereocenters. The molecule has 0 aliphatic rings. The molecule has 2 aromatic rings. The van der Waals surface area contributed by atoms with E-state index in [0.29, 0.717) is 24.7 Å². The minimum atomic E-state index is -3.87. The molecule has 1 heterocycles. The van der Waals surface area contributed by atoms with Crippen molar-refractivity contribution in [1.82, 2.24) is 9.21 Å². The molecule has 0 aliphatic carbocycles. The zero-order valence-electron chi connectivity index (χ0n) is 18.1. The summed E-state index contributed by atoms with van der Waals surface area (Å²) in [6, 6.07) is 9.33. The smallest absolute Gasteiger partial charge is 0.243 e. The van der Waals surface area contributed by atoms with Crippen LogP contribution >= 0.6 is 0 Å². The molecule has 1 amide bonds. The molecule has 0 radical (unpaired) electrons. The van der Waals surface area contributed by atoms with Crippen molar-refractivity contribution in [1.29, 1.82) is 0 Å². The highest BCUT2D eigenvalue weighted by Gasteiger charge is 2.31. The number of sulfonamides is 1. The summed E-state index contributed by atoms with van der Waals surface area (Å²) < 4.78 is 43.3. The van der Waals surface area contributed by atoms with E-state index in [4.69, 9.17) is 13.9 Å². The normalized spacial score (nSPS) is 11.8. The molecule has 2 rings (SSSR count). The molecule has 0 aliphatic heterocycles. The van der Waals surface area contributed by atoms with Gasteiger partial charge in [-0.15, -0.1) is 0 Å². The fourth-order valence-corrected chi connectivity index (χ4v) is 4.50. The van der Waals surface area contributed by atoms with Crippen molar-refractivity contribution >= 4 is 15.9 Å². The molecule has 0 unspecified atom stereocenters. The first kappa shape index (κ1) is 23.9. The largest absolute Gasteiger partial charge is 0.497 e. The first-order valence-electron chi connectivity index (χ1n) is 9.67. The standard InChI is InChI=1S/C21H30N2O6S/c1-16(2)23(30(25,26)20-10-8-18(28-5)9-11-20)15-21(24)22(12-13-27-4)14-19-7-6-17(3)29-19/h6-11,16H,12-15H2,1-5H3. The number of aryl methyl sites for hydroxylation is 1. The van der Waals surface area contributed by atoms with Gasteiger partial charge in [0.15, 0.2) is 0 Å². The minimum Gasteiger partial charge on any atom is -0.497 e. The summed E-state index contributed by atoms with van der Waals surface area (Å²) in [5.74, 6) is 1.61. The zero-order valence-corrected chi connectivity index (χ0v) is 18.9. The number of carbonyl (C=O) groups excluding carboxylic acids is 1. The predicted molar refractivity (Wildman–Crippen MR) is 113 cm³/mol. The van der Waals surface area contributed by atoms with E-state index in [0.717, 1.165) is 5.76 Å². The Morgan fingerprint density at radius 1 is 1.10 bits per heavy atom. The van der Waals surface area contributed by atoms with Crippen LogP contribution in [0.1, 0.15) is 25.4 Å². The maximum atomic E-state index is 13.2. The van der Waals surface area contributed by atoms with Gasteiger partial charge in [0.25, 0.3) is 0 Å². The molecular weight excluding hydrogens is 408 g/mol. The van der Waals surface area contributed by atoms with Gasteiger partial charge in [0, 0.05) is 19.7 Å². The van der Waals surface area contributed by atoms with Crippen LogP contribution in [-0.2, 0) is 26.1 Å². The van der Waals surface area contributed by atoms with Gasteiger partial charge in [-0.05, 0) is 57.2 Å². The summed E-state index contributed by atoms with van der Waals surface area (Å²) in [6.45, 7) is 5.92. The van der Waals surface area contributed by atoms with Crippen molar-refractivity contribution in [2.24, 2.45) is 0 Å². The Bertz CT molecular complexity index is 921. The van der Waals surface area contributed by atoms with Crippen LogP contribution in [0, 0.1) is 6.92 Å². The Morgan fingerprint density at radius 2 is 1.77 bits per heavy atom. The summed E-state index contributed by atoms with van der Waals surface area (Å²) >= 11 is 0. The minimum absolute atomic E-state index is 0.106. The lowest BCUT2D eigenvalue weighted by Gasteiger charge is -2.29. The SMILES string of the molecule is COCCN(Cc1ccc(C)o1)C(=O)CN(C(C)C)S(=O)(=O)c1ccc(OC)cc1. The number of amides is 1. The van der Waals surface area contributed by atoms with Gasteiger partial charge in [-0.3, -0.25) is 4.79 Å². The van der Waals surface area contributed by atoms with Crippen LogP contribution in [0.5, 0.6) is 5.75 Å². The van der Waals surface area contributed by atoms with E-state index in [9.17, 15) is 13.2 Å². The third kappa shape index (κ3) is 6.07. The molecule has 1 aromatic carbocycles. The van der Waals surface area contributed by atoms with Gasteiger partial charge in [0.2, 0.25) is 15.9 Å². The van der Waals surface area contributed by atoms with Gasteiger partial charge in [0.05, 0.1) is 31.7 Å². The Morgan fingerprint density at radius 3 is 2.27 bits per heavy atom. The van der Waals surface area contributed by atoms with E-state index in [2.05, 4.69) is 0 Å². The van der Waals surface area contributed by atoms with E-state index in [1.807, 2.05) is 13.0 Å². The maximum absolute atomic E-state index is 13.2. The van der Waals surface area contributed by atoms with Crippen molar-refractivity contribution in [3.63, 3.8) is 0 Å². The lowest BCUT2D eigenvalue weighted by Crippen LogP contribution is -2.46. The first-order valence-corrected chi connectivity index (χ1v) is 11.1. The molecule has 0 saturated carbocycles. The molecule has 0 spiro atoms. The summed E-state index contributed by atoms with van der Waals surface area (Å²) in [5.41, 5.74) is 0. The monoisotopic (exact) mass is 438 g/mol. The van der Waals surface area contributed by atoms with Crippen LogP contribution < -0.4 is 4.74 Å². The van der Waals surface area contributed by atoms with E-state index in [1.54, 1.807) is 44.1 Å². The summed E-state index contributed by atoms with van der Waals surface area (Å²) in [4.78, 5) is 14.7. The summed E-state index contributed by atoms with van der Waals surface area (Å²) in [6.07, 6.45) is 0. The van der Waals surface area contributed by atoms with Crippen molar-refractivity contribution in [3.05, 3.63) is 47.9 Å². The predicted octanol–water partition coefficient (Wildman–Crippen LogP) is 2.67. The van der Waals surface area contributed by atoms with Crippen LogP contribution in [0.15, 0.2) is 45.7 Å². The van der Waals surface area contributed by atoms with E-state index in [1.165, 1.54) is 23.5 Å². The van der Waals surface area contributed by atoms with Crippen molar-refractivity contribution < 1.29 is 27.1 Å². The highest BCUT2D eigenvalue weighted by molar-refractivity contribution is 7.89. The highest BCUT2D eigenvalue weighted by atomic mass is 32.2. The number of hydrogen-bond donors (Lipinski definition) is 0. The maximum Gasteiger partial charge on any atom is 0.243 e. The molecule has 9 heteroatoms. The van der Waals surface area contributed by atoms with Crippen molar-refractivity contribution in [2.45, 2.75) is 38.3 Å². The molecule has 0 saturated heterocycles. The van der Waals surface area contributed by atoms with Gasteiger partial charge < -0.3 is 18.8 Å². The molecule has 8 nitrogen and oxygen atoms in total. The number of furan rings is 1. The fraction of sp³-hybridized carbons (Fsp3) is 0.476. The average molecular weight is 439 g/mol. The van der Waals surface area contributed by atoms with Gasteiger partial charge in [0.1, 0.15) is 17.3 Å². The molecule has 0 N–H and O–H groups in total. The number of hydrogen-bond acceptors (Lipinski definition) is 6. The highest BCUT2D eigenvalue weighted by Crippen LogP contribution is 2.21. The summed E-state index contributed by atoms with van der Waals surface area (Å²) in [7, 11) is -0.806. The molecule has 0 bridgehead atoms. The van der Waals surface area contributed by atoms with Crippen LogP contribution in [0.2, 0.25) is 0 Å². The Kier molecular flexibility index (Phi) is 8.45. The van der Waals surface area contributed by atoms with Gasteiger partial charge >= 0.3 is 0 Å². The topological polar surface area (TPSA) is 89.3 Å². The summed E-state index contributed by atoms with van der Waals surface area (Å²) in [5, 5.41) is 0. The van der Waals surface area contributed by atoms with Crippen LogP contribution in [0.25, 0.3) is 0 Å². The van der Waals surface area contributed by atoms with Crippen molar-refractivity contribution in [2.75, 3.05) is 33.9 Å². The van der Waals surface area contributed by atoms with Crippen LogP contribution in [0.4, 0.5) is 0 Å². The lowest BCUT2D eigenvalue weighted by molar-refractivity contribution is -0.133.